The maximum absolute atomic E-state index is 13.6. The molecule has 0 radical (unpaired) electrons. The molecule has 0 aliphatic rings. The molecule has 0 aromatic heterocycles. The van der Waals surface area contributed by atoms with Crippen LogP contribution in [0.3, 0.4) is 0 Å². The van der Waals surface area contributed by atoms with Gasteiger partial charge in [0.25, 0.3) is 5.91 Å². The van der Waals surface area contributed by atoms with Crippen molar-refractivity contribution in [3.05, 3.63) is 99.8 Å². The van der Waals surface area contributed by atoms with Crippen LogP contribution in [0.1, 0.15) is 30.5 Å². The molecule has 2 amide bonds. The number of rotatable bonds is 11. The summed E-state index contributed by atoms with van der Waals surface area (Å²) in [4.78, 5) is 28.5. The maximum Gasteiger partial charge on any atom is 0.261 e. The summed E-state index contributed by atoms with van der Waals surface area (Å²) < 4.78 is 20.3. The molecule has 7 heteroatoms. The van der Waals surface area contributed by atoms with Gasteiger partial charge in [-0.05, 0) is 59.9 Å². The van der Waals surface area contributed by atoms with Gasteiger partial charge in [-0.25, -0.2) is 4.39 Å². The number of hydrogen-bond donors (Lipinski definition) is 1. The van der Waals surface area contributed by atoms with Crippen LogP contribution in [0.15, 0.2) is 77.3 Å². The topological polar surface area (TPSA) is 58.6 Å². The summed E-state index contributed by atoms with van der Waals surface area (Å²) >= 11 is 3.46. The number of ether oxygens (including phenoxy) is 1. The van der Waals surface area contributed by atoms with Crippen LogP contribution in [-0.2, 0) is 22.6 Å². The van der Waals surface area contributed by atoms with Crippen LogP contribution in [0.4, 0.5) is 4.39 Å². The normalized spacial score (nSPS) is 11.7. The van der Waals surface area contributed by atoms with Crippen LogP contribution in [0, 0.1) is 18.7 Å². The monoisotopic (exact) mass is 554 g/mol. The van der Waals surface area contributed by atoms with E-state index in [4.69, 9.17) is 4.74 Å². The van der Waals surface area contributed by atoms with Crippen molar-refractivity contribution in [3.63, 3.8) is 0 Å². The fourth-order valence-corrected chi connectivity index (χ4v) is 3.94. The second-order valence-electron chi connectivity index (χ2n) is 9.19. The SMILES string of the molecule is Cc1cc(OCC(=O)N(Cc2ccc(F)cc2)[C@H](Cc2ccccc2)C(=O)NCC(C)C)ccc1Br. The molecule has 0 unspecified atom stereocenters. The summed E-state index contributed by atoms with van der Waals surface area (Å²) in [5.41, 5.74) is 2.64. The molecule has 0 saturated carbocycles. The van der Waals surface area contributed by atoms with Crippen molar-refractivity contribution in [2.45, 2.75) is 39.8 Å². The van der Waals surface area contributed by atoms with E-state index in [2.05, 4.69) is 21.2 Å². The Morgan fingerprint density at radius 2 is 1.69 bits per heavy atom. The molecule has 0 heterocycles. The third-order valence-electron chi connectivity index (χ3n) is 5.71. The summed E-state index contributed by atoms with van der Waals surface area (Å²) in [6, 6.07) is 20.3. The van der Waals surface area contributed by atoms with Crippen LogP contribution in [0.5, 0.6) is 5.75 Å². The third kappa shape index (κ3) is 8.19. The Labute approximate surface area is 220 Å². The highest BCUT2D eigenvalue weighted by Crippen LogP contribution is 2.22. The van der Waals surface area contributed by atoms with Gasteiger partial charge in [-0.2, -0.15) is 0 Å². The van der Waals surface area contributed by atoms with E-state index < -0.39 is 6.04 Å². The number of benzene rings is 3. The average Bonchev–Trinajstić information content (AvgIpc) is 2.87. The number of aryl methyl sites for hydroxylation is 1. The van der Waals surface area contributed by atoms with E-state index in [-0.39, 0.29) is 36.7 Å². The van der Waals surface area contributed by atoms with E-state index in [1.54, 1.807) is 18.2 Å². The van der Waals surface area contributed by atoms with E-state index >= 15 is 0 Å². The van der Waals surface area contributed by atoms with Crippen molar-refractivity contribution in [2.75, 3.05) is 13.2 Å². The molecule has 0 aliphatic carbocycles. The summed E-state index contributed by atoms with van der Waals surface area (Å²) in [6.07, 6.45) is 0.342. The molecule has 0 aliphatic heterocycles. The molecule has 36 heavy (non-hydrogen) atoms. The summed E-state index contributed by atoms with van der Waals surface area (Å²) in [5, 5.41) is 2.98. The van der Waals surface area contributed by atoms with Crippen LogP contribution in [-0.4, -0.2) is 35.9 Å². The number of nitrogens with one attached hydrogen (secondary N) is 1. The van der Waals surface area contributed by atoms with E-state index in [1.165, 1.54) is 17.0 Å². The Hall–Kier alpha value is -3.19. The Balaban J connectivity index is 1.89. The van der Waals surface area contributed by atoms with E-state index in [0.717, 1.165) is 21.2 Å². The number of amides is 2. The molecule has 3 aromatic carbocycles. The van der Waals surface area contributed by atoms with Gasteiger partial charge >= 0.3 is 0 Å². The Morgan fingerprint density at radius 3 is 2.33 bits per heavy atom. The Bertz CT molecular complexity index is 1150. The molecule has 5 nitrogen and oxygen atoms in total. The smallest absolute Gasteiger partial charge is 0.261 e. The van der Waals surface area contributed by atoms with Gasteiger partial charge in [-0.3, -0.25) is 9.59 Å². The van der Waals surface area contributed by atoms with Crippen molar-refractivity contribution in [1.29, 1.82) is 0 Å². The van der Waals surface area contributed by atoms with Crippen molar-refractivity contribution in [1.82, 2.24) is 10.2 Å². The minimum Gasteiger partial charge on any atom is -0.484 e. The fourth-order valence-electron chi connectivity index (χ4n) is 3.70. The number of halogens is 2. The highest BCUT2D eigenvalue weighted by molar-refractivity contribution is 9.10. The van der Waals surface area contributed by atoms with Crippen LogP contribution >= 0.6 is 15.9 Å². The van der Waals surface area contributed by atoms with Crippen LogP contribution in [0.2, 0.25) is 0 Å². The Morgan fingerprint density at radius 1 is 1.00 bits per heavy atom. The van der Waals surface area contributed by atoms with Crippen LogP contribution in [0.25, 0.3) is 0 Å². The standard InChI is InChI=1S/C29H32BrFN2O3/c1-20(2)17-32-29(35)27(16-22-7-5-4-6-8-22)33(18-23-9-11-24(31)12-10-23)28(34)19-36-25-13-14-26(30)21(3)15-25/h4-15,20,27H,16-19H2,1-3H3,(H,32,35)/t27-/m1/s1. The third-order valence-corrected chi connectivity index (χ3v) is 6.60. The predicted octanol–water partition coefficient (Wildman–Crippen LogP) is 5.69. The van der Waals surface area contributed by atoms with Gasteiger partial charge in [0.1, 0.15) is 17.6 Å². The molecule has 0 fully saturated rings. The van der Waals surface area contributed by atoms with Gasteiger partial charge in [-0.15, -0.1) is 0 Å². The molecular formula is C29H32BrFN2O3. The zero-order valence-corrected chi connectivity index (χ0v) is 22.4. The largest absolute Gasteiger partial charge is 0.484 e. The van der Waals surface area contributed by atoms with Gasteiger partial charge in [0.05, 0.1) is 0 Å². The van der Waals surface area contributed by atoms with Gasteiger partial charge in [0, 0.05) is 24.0 Å². The van der Waals surface area contributed by atoms with Gasteiger partial charge in [-0.1, -0.05) is 72.2 Å². The number of carbonyl (C=O) groups is 2. The Kier molecular flexibility index (Phi) is 10.1. The quantitative estimate of drug-likeness (QED) is 0.331. The van der Waals surface area contributed by atoms with E-state index in [0.29, 0.717) is 18.7 Å². The lowest BCUT2D eigenvalue weighted by molar-refractivity contribution is -0.142. The molecule has 190 valence electrons. The highest BCUT2D eigenvalue weighted by Gasteiger charge is 2.30. The van der Waals surface area contributed by atoms with Crippen molar-refractivity contribution < 1.29 is 18.7 Å². The lowest BCUT2D eigenvalue weighted by atomic mass is 10.0. The van der Waals surface area contributed by atoms with E-state index in [1.807, 2.05) is 63.2 Å². The summed E-state index contributed by atoms with van der Waals surface area (Å²) in [6.45, 7) is 6.38. The molecule has 3 rings (SSSR count). The zero-order chi connectivity index (χ0) is 26.1. The highest BCUT2D eigenvalue weighted by atomic mass is 79.9. The summed E-state index contributed by atoms with van der Waals surface area (Å²) in [7, 11) is 0. The van der Waals surface area contributed by atoms with Crippen molar-refractivity contribution in [3.8, 4) is 5.75 Å². The second kappa shape index (κ2) is 13.2. The number of carbonyl (C=O) groups excluding carboxylic acids is 2. The average molecular weight is 555 g/mol. The lowest BCUT2D eigenvalue weighted by Gasteiger charge is -2.31. The number of nitrogens with zero attached hydrogens (tertiary/aromatic N) is 1. The summed E-state index contributed by atoms with van der Waals surface area (Å²) in [5.74, 6) is -0.102. The predicted molar refractivity (Wildman–Crippen MR) is 143 cm³/mol. The van der Waals surface area contributed by atoms with Crippen LogP contribution < -0.4 is 10.1 Å². The van der Waals surface area contributed by atoms with Gasteiger partial charge in [0.15, 0.2) is 6.61 Å². The molecule has 0 spiro atoms. The fraction of sp³-hybridized carbons (Fsp3) is 0.310. The maximum atomic E-state index is 13.6. The zero-order valence-electron chi connectivity index (χ0n) is 20.8. The first-order valence-corrected chi connectivity index (χ1v) is 12.8. The molecule has 0 saturated heterocycles. The molecule has 1 atom stereocenters. The van der Waals surface area contributed by atoms with Gasteiger partial charge in [0.2, 0.25) is 5.91 Å². The first-order chi connectivity index (χ1) is 17.2. The minimum atomic E-state index is -0.765. The van der Waals surface area contributed by atoms with Gasteiger partial charge < -0.3 is 15.0 Å². The van der Waals surface area contributed by atoms with Crippen molar-refractivity contribution >= 4 is 27.7 Å². The molecule has 1 N–H and O–H groups in total. The molecular weight excluding hydrogens is 523 g/mol. The second-order valence-corrected chi connectivity index (χ2v) is 10.0. The van der Waals surface area contributed by atoms with E-state index in [9.17, 15) is 14.0 Å². The van der Waals surface area contributed by atoms with Crippen molar-refractivity contribution in [2.24, 2.45) is 5.92 Å². The first-order valence-electron chi connectivity index (χ1n) is 12.0. The first kappa shape index (κ1) is 27.4. The molecule has 0 bridgehead atoms. The minimum absolute atomic E-state index is 0.147. The number of hydrogen-bond acceptors (Lipinski definition) is 3. The lowest BCUT2D eigenvalue weighted by Crippen LogP contribution is -2.52. The molecule has 3 aromatic rings.